The molecule has 0 radical (unpaired) electrons. The summed E-state index contributed by atoms with van der Waals surface area (Å²) in [5.74, 6) is 0.200. The Labute approximate surface area is 178 Å². The van der Waals surface area contributed by atoms with Crippen LogP contribution in [0.4, 0.5) is 5.69 Å². The topological polar surface area (TPSA) is 62.4 Å². The van der Waals surface area contributed by atoms with Crippen LogP contribution in [-0.4, -0.2) is 28.1 Å². The Kier molecular flexibility index (Phi) is 7.56. The number of amides is 1. The van der Waals surface area contributed by atoms with Gasteiger partial charge in [0.2, 0.25) is 3.79 Å². The molecule has 2 aromatic rings. The molecule has 0 spiro atoms. The van der Waals surface area contributed by atoms with Gasteiger partial charge in [-0.2, -0.15) is 0 Å². The first-order chi connectivity index (χ1) is 12.7. The van der Waals surface area contributed by atoms with Gasteiger partial charge in [-0.15, -0.1) is 0 Å². The highest BCUT2D eigenvalue weighted by molar-refractivity contribution is 7.80. The average molecular weight is 447 g/mol. The van der Waals surface area contributed by atoms with E-state index < -0.39 is 15.9 Å². The molecule has 9 heteroatoms. The molecule has 0 fully saturated rings. The molecule has 5 nitrogen and oxygen atoms in total. The molecular formula is C18H18Cl3N3O2S. The maximum Gasteiger partial charge on any atom is 0.252 e. The van der Waals surface area contributed by atoms with E-state index in [-0.39, 0.29) is 5.11 Å². The summed E-state index contributed by atoms with van der Waals surface area (Å²) >= 11 is 23.3. The maximum atomic E-state index is 12.5. The lowest BCUT2D eigenvalue weighted by Crippen LogP contribution is -2.56. The van der Waals surface area contributed by atoms with Crippen molar-refractivity contribution < 1.29 is 9.53 Å². The summed E-state index contributed by atoms with van der Waals surface area (Å²) in [5, 5.41) is 8.67. The van der Waals surface area contributed by atoms with Crippen LogP contribution in [0, 0.1) is 6.92 Å². The number of anilines is 1. The number of halogens is 3. The van der Waals surface area contributed by atoms with Gasteiger partial charge in [0, 0.05) is 11.3 Å². The molecule has 0 heterocycles. The Hall–Kier alpha value is -1.73. The van der Waals surface area contributed by atoms with E-state index in [0.717, 1.165) is 11.3 Å². The second-order valence-electron chi connectivity index (χ2n) is 5.59. The number of thiocarbonyl (C=S) groups is 1. The van der Waals surface area contributed by atoms with Crippen molar-refractivity contribution in [2.45, 2.75) is 16.9 Å². The smallest absolute Gasteiger partial charge is 0.252 e. The molecule has 0 bridgehead atoms. The molecule has 0 aliphatic heterocycles. The van der Waals surface area contributed by atoms with Crippen LogP contribution in [0.3, 0.4) is 0 Å². The van der Waals surface area contributed by atoms with Crippen LogP contribution in [0.1, 0.15) is 15.9 Å². The van der Waals surface area contributed by atoms with Gasteiger partial charge in [-0.05, 0) is 55.0 Å². The van der Waals surface area contributed by atoms with Gasteiger partial charge in [-0.25, -0.2) is 0 Å². The molecule has 1 atom stereocenters. The van der Waals surface area contributed by atoms with Crippen LogP contribution in [0.15, 0.2) is 48.5 Å². The molecule has 2 rings (SSSR count). The predicted molar refractivity (Wildman–Crippen MR) is 115 cm³/mol. The van der Waals surface area contributed by atoms with Gasteiger partial charge in [0.15, 0.2) is 5.11 Å². The van der Waals surface area contributed by atoms with Crippen molar-refractivity contribution >= 4 is 63.7 Å². The molecule has 0 aliphatic carbocycles. The fraction of sp³-hybridized carbons (Fsp3) is 0.222. The van der Waals surface area contributed by atoms with Gasteiger partial charge in [-0.1, -0.05) is 53.0 Å². The van der Waals surface area contributed by atoms with Crippen LogP contribution in [0.2, 0.25) is 0 Å². The lowest BCUT2D eigenvalue weighted by Gasteiger charge is -2.28. The maximum absolute atomic E-state index is 12.5. The fourth-order valence-corrected chi connectivity index (χ4v) is 2.71. The van der Waals surface area contributed by atoms with E-state index in [4.69, 9.17) is 51.8 Å². The molecule has 2 aromatic carbocycles. The fourth-order valence-electron chi connectivity index (χ4n) is 2.16. The third-order valence-electron chi connectivity index (χ3n) is 3.62. The van der Waals surface area contributed by atoms with Crippen molar-refractivity contribution in [3.05, 3.63) is 59.7 Å². The second-order valence-corrected chi connectivity index (χ2v) is 8.37. The minimum Gasteiger partial charge on any atom is -0.497 e. The third-order valence-corrected chi connectivity index (χ3v) is 4.50. The molecule has 0 aliphatic rings. The number of aryl methyl sites for hydroxylation is 1. The minimum absolute atomic E-state index is 0.204. The second kappa shape index (κ2) is 9.46. The summed E-state index contributed by atoms with van der Waals surface area (Å²) in [6.07, 6.45) is -1.05. The molecule has 0 aromatic heterocycles. The van der Waals surface area contributed by atoms with Crippen molar-refractivity contribution in [1.29, 1.82) is 0 Å². The number of hydrogen-bond acceptors (Lipinski definition) is 3. The highest BCUT2D eigenvalue weighted by Gasteiger charge is 2.35. The number of alkyl halides is 3. The Morgan fingerprint density at radius 1 is 1.07 bits per heavy atom. The van der Waals surface area contributed by atoms with Crippen LogP contribution < -0.4 is 20.7 Å². The molecule has 27 heavy (non-hydrogen) atoms. The van der Waals surface area contributed by atoms with Crippen LogP contribution in [0.25, 0.3) is 0 Å². The largest absolute Gasteiger partial charge is 0.497 e. The Morgan fingerprint density at radius 3 is 2.26 bits per heavy atom. The number of benzene rings is 2. The number of carbonyl (C=O) groups excluding carboxylic acids is 1. The van der Waals surface area contributed by atoms with E-state index in [0.29, 0.717) is 11.3 Å². The van der Waals surface area contributed by atoms with E-state index in [2.05, 4.69) is 16.0 Å². The summed E-state index contributed by atoms with van der Waals surface area (Å²) in [6, 6.07) is 14.1. The number of rotatable bonds is 5. The van der Waals surface area contributed by atoms with Crippen LogP contribution >= 0.6 is 47.0 Å². The number of nitrogens with one attached hydrogen (secondary N) is 3. The SMILES string of the molecule is COc1ccc(C(=O)N[C@@H](NC(=S)Nc2ccccc2C)C(Cl)(Cl)Cl)cc1. The van der Waals surface area contributed by atoms with Crippen molar-refractivity contribution in [2.75, 3.05) is 12.4 Å². The van der Waals surface area contributed by atoms with E-state index in [1.165, 1.54) is 0 Å². The Morgan fingerprint density at radius 2 is 1.70 bits per heavy atom. The third kappa shape index (κ3) is 6.43. The van der Waals surface area contributed by atoms with E-state index in [9.17, 15) is 4.79 Å². The molecule has 1 amide bonds. The Balaban J connectivity index is 2.07. The number of para-hydroxylation sites is 1. The summed E-state index contributed by atoms with van der Waals surface area (Å²) in [4.78, 5) is 12.5. The average Bonchev–Trinajstić information content (AvgIpc) is 2.62. The van der Waals surface area contributed by atoms with Crippen molar-refractivity contribution in [2.24, 2.45) is 0 Å². The quantitative estimate of drug-likeness (QED) is 0.361. The first-order valence-electron chi connectivity index (χ1n) is 7.85. The molecule has 0 saturated carbocycles. The Bertz CT molecular complexity index is 810. The normalized spacial score (nSPS) is 12.0. The number of carbonyl (C=O) groups is 1. The van der Waals surface area contributed by atoms with Gasteiger partial charge >= 0.3 is 0 Å². The van der Waals surface area contributed by atoms with Crippen molar-refractivity contribution in [1.82, 2.24) is 10.6 Å². The summed E-state index contributed by atoms with van der Waals surface area (Å²) in [6.45, 7) is 1.93. The minimum atomic E-state index is -1.83. The van der Waals surface area contributed by atoms with E-state index in [1.807, 2.05) is 31.2 Å². The lowest BCUT2D eigenvalue weighted by molar-refractivity contribution is 0.0934. The first kappa shape index (κ1) is 21.6. The first-order valence-corrected chi connectivity index (χ1v) is 9.39. The zero-order valence-corrected chi connectivity index (χ0v) is 17.6. The van der Waals surface area contributed by atoms with Crippen molar-refractivity contribution in [3.8, 4) is 5.75 Å². The molecule has 3 N–H and O–H groups in total. The molecule has 144 valence electrons. The van der Waals surface area contributed by atoms with Crippen LogP contribution in [0.5, 0.6) is 5.75 Å². The monoisotopic (exact) mass is 445 g/mol. The molecule has 0 saturated heterocycles. The van der Waals surface area contributed by atoms with Gasteiger partial charge in [0.25, 0.3) is 5.91 Å². The van der Waals surface area contributed by atoms with E-state index in [1.54, 1.807) is 31.4 Å². The number of methoxy groups -OCH3 is 1. The highest BCUT2D eigenvalue weighted by atomic mass is 35.6. The summed E-state index contributed by atoms with van der Waals surface area (Å²) < 4.78 is 3.24. The number of ether oxygens (including phenoxy) is 1. The van der Waals surface area contributed by atoms with Gasteiger partial charge in [0.1, 0.15) is 11.9 Å². The number of hydrogen-bond donors (Lipinski definition) is 3. The highest BCUT2D eigenvalue weighted by Crippen LogP contribution is 2.29. The molecule has 0 unspecified atom stereocenters. The molecular weight excluding hydrogens is 429 g/mol. The summed E-state index contributed by atoms with van der Waals surface area (Å²) in [5.41, 5.74) is 2.18. The standard InChI is InChI=1S/C18H18Cl3N3O2S/c1-11-5-3-4-6-14(11)22-17(27)24-16(18(19,20)21)23-15(25)12-7-9-13(26-2)10-8-12/h3-10,16H,1-2H3,(H,23,25)(H2,22,24,27)/t16-/m0/s1. The van der Waals surface area contributed by atoms with E-state index >= 15 is 0 Å². The zero-order valence-electron chi connectivity index (χ0n) is 14.6. The van der Waals surface area contributed by atoms with Gasteiger partial charge in [0.05, 0.1) is 7.11 Å². The predicted octanol–water partition coefficient (Wildman–Crippen LogP) is 4.42. The lowest BCUT2D eigenvalue weighted by atomic mass is 10.2. The van der Waals surface area contributed by atoms with Gasteiger partial charge in [-0.3, -0.25) is 4.79 Å². The van der Waals surface area contributed by atoms with Gasteiger partial charge < -0.3 is 20.7 Å². The zero-order chi connectivity index (χ0) is 20.0. The van der Waals surface area contributed by atoms with Crippen LogP contribution in [-0.2, 0) is 0 Å². The summed E-state index contributed by atoms with van der Waals surface area (Å²) in [7, 11) is 1.54. The van der Waals surface area contributed by atoms with Crippen molar-refractivity contribution in [3.63, 3.8) is 0 Å².